The predicted molar refractivity (Wildman–Crippen MR) is 95.9 cm³/mol. The Labute approximate surface area is 148 Å². The van der Waals surface area contributed by atoms with Crippen molar-refractivity contribution in [3.05, 3.63) is 35.7 Å². The highest BCUT2D eigenvalue weighted by atomic mass is 16.4. The molecule has 6 nitrogen and oxygen atoms in total. The number of carboxylic acid groups (broad SMARTS) is 1. The fourth-order valence-corrected chi connectivity index (χ4v) is 2.57. The van der Waals surface area contributed by atoms with Gasteiger partial charge in [0.1, 0.15) is 0 Å². The Morgan fingerprint density at radius 2 is 1.96 bits per heavy atom. The van der Waals surface area contributed by atoms with Gasteiger partial charge in [0.15, 0.2) is 0 Å². The first-order valence-electron chi connectivity index (χ1n) is 8.83. The first kappa shape index (κ1) is 21.3. The first-order chi connectivity index (χ1) is 12.0. The number of hydrogen-bond acceptors (Lipinski definition) is 5. The number of carbonyl (C=O) groups is 1. The Morgan fingerprint density at radius 1 is 1.20 bits per heavy atom. The molecule has 0 fully saturated rings. The number of hydrogen-bond donors (Lipinski definition) is 4. The van der Waals surface area contributed by atoms with Gasteiger partial charge in [0.2, 0.25) is 0 Å². The van der Waals surface area contributed by atoms with Gasteiger partial charge in [-0.25, -0.2) is 0 Å². The smallest absolute Gasteiger partial charge is 0.303 e. The van der Waals surface area contributed by atoms with Gasteiger partial charge >= 0.3 is 5.97 Å². The molecule has 1 rings (SSSR count). The largest absolute Gasteiger partial charge is 0.481 e. The summed E-state index contributed by atoms with van der Waals surface area (Å²) in [6.45, 7) is 2.11. The van der Waals surface area contributed by atoms with E-state index in [2.05, 4.69) is 11.9 Å². The highest BCUT2D eigenvalue weighted by Gasteiger charge is 2.15. The van der Waals surface area contributed by atoms with Crippen LogP contribution in [0.25, 0.3) is 6.08 Å². The summed E-state index contributed by atoms with van der Waals surface area (Å²) < 4.78 is 0. The van der Waals surface area contributed by atoms with E-state index in [1.165, 1.54) is 6.08 Å². The van der Waals surface area contributed by atoms with E-state index in [4.69, 9.17) is 5.11 Å². The number of aliphatic carboxylic acids is 1. The fraction of sp³-hybridized carbons (Fsp3) is 0.579. The molecule has 0 amide bonds. The maximum absolute atomic E-state index is 10.5. The van der Waals surface area contributed by atoms with Crippen molar-refractivity contribution in [3.63, 3.8) is 0 Å². The minimum absolute atomic E-state index is 0.0375. The highest BCUT2D eigenvalue weighted by molar-refractivity contribution is 5.66. The van der Waals surface area contributed by atoms with E-state index in [-0.39, 0.29) is 12.8 Å². The number of aliphatic hydroxyl groups is 3. The van der Waals surface area contributed by atoms with Crippen molar-refractivity contribution in [1.29, 1.82) is 0 Å². The standard InChI is InChI=1S/C19H29NO5/c1-2-3-4-6-16(21)15-11-12-20-13-14(15)9-10-18(23)17(22)7-5-8-19(24)25/h9-13,16-18,21-23H,2-8H2,1H3,(H,24,25)/b10-9+/t16-,17+,18-/m1/s1. The van der Waals surface area contributed by atoms with Crippen LogP contribution in [0.3, 0.4) is 0 Å². The van der Waals surface area contributed by atoms with Crippen molar-refractivity contribution in [2.45, 2.75) is 70.2 Å². The summed E-state index contributed by atoms with van der Waals surface area (Å²) in [4.78, 5) is 14.5. The molecule has 1 aromatic heterocycles. The molecule has 0 aromatic carbocycles. The molecule has 3 atom stereocenters. The molecule has 0 bridgehead atoms. The SMILES string of the molecule is CCCCC[C@@H](O)c1ccncc1/C=C/[C@@H](O)[C@@H](O)CCCC(=O)O. The van der Waals surface area contributed by atoms with Crippen molar-refractivity contribution < 1.29 is 25.2 Å². The van der Waals surface area contributed by atoms with E-state index in [0.717, 1.165) is 24.8 Å². The van der Waals surface area contributed by atoms with Crippen LogP contribution >= 0.6 is 0 Å². The molecule has 0 saturated carbocycles. The lowest BCUT2D eigenvalue weighted by atomic mass is 9.98. The van der Waals surface area contributed by atoms with E-state index >= 15 is 0 Å². The van der Waals surface area contributed by atoms with Crippen molar-refractivity contribution in [1.82, 2.24) is 4.98 Å². The van der Waals surface area contributed by atoms with E-state index in [1.54, 1.807) is 24.5 Å². The number of carboxylic acids is 1. The second-order valence-corrected chi connectivity index (χ2v) is 6.22. The van der Waals surface area contributed by atoms with Crippen LogP contribution in [0, 0.1) is 0 Å². The van der Waals surface area contributed by atoms with Gasteiger partial charge in [-0.2, -0.15) is 0 Å². The molecule has 140 valence electrons. The molecular formula is C19H29NO5. The third-order valence-electron chi connectivity index (χ3n) is 4.08. The van der Waals surface area contributed by atoms with E-state index in [9.17, 15) is 20.1 Å². The summed E-state index contributed by atoms with van der Waals surface area (Å²) in [5, 5.41) is 38.8. The van der Waals surface area contributed by atoms with Gasteiger partial charge in [-0.1, -0.05) is 38.3 Å². The van der Waals surface area contributed by atoms with Crippen molar-refractivity contribution in [3.8, 4) is 0 Å². The number of aliphatic hydroxyl groups excluding tert-OH is 3. The Morgan fingerprint density at radius 3 is 2.64 bits per heavy atom. The maximum atomic E-state index is 10.5. The Balaban J connectivity index is 2.65. The molecule has 25 heavy (non-hydrogen) atoms. The van der Waals surface area contributed by atoms with Crippen molar-refractivity contribution in [2.24, 2.45) is 0 Å². The van der Waals surface area contributed by atoms with Gasteiger partial charge < -0.3 is 20.4 Å². The molecule has 0 aliphatic carbocycles. The highest BCUT2D eigenvalue weighted by Crippen LogP contribution is 2.23. The Kier molecular flexibility index (Phi) is 9.99. The first-order valence-corrected chi connectivity index (χ1v) is 8.83. The molecule has 1 heterocycles. The third-order valence-corrected chi connectivity index (χ3v) is 4.08. The molecule has 1 aromatic rings. The van der Waals surface area contributed by atoms with Crippen LogP contribution in [0.15, 0.2) is 24.5 Å². The summed E-state index contributed by atoms with van der Waals surface area (Å²) in [7, 11) is 0. The lowest BCUT2D eigenvalue weighted by molar-refractivity contribution is -0.137. The molecule has 6 heteroatoms. The van der Waals surface area contributed by atoms with Crippen LogP contribution in [0.2, 0.25) is 0 Å². The molecule has 0 unspecified atom stereocenters. The zero-order valence-electron chi connectivity index (χ0n) is 14.7. The van der Waals surface area contributed by atoms with E-state index in [0.29, 0.717) is 18.4 Å². The van der Waals surface area contributed by atoms with Gasteiger partial charge in [0.05, 0.1) is 18.3 Å². The molecule has 0 spiro atoms. The summed E-state index contributed by atoms with van der Waals surface area (Å²) in [5.74, 6) is -0.922. The molecular weight excluding hydrogens is 322 g/mol. The normalized spacial score (nSPS) is 15.2. The average Bonchev–Trinajstić information content (AvgIpc) is 2.59. The van der Waals surface area contributed by atoms with Gasteiger partial charge in [-0.3, -0.25) is 9.78 Å². The number of nitrogens with zero attached hydrogens (tertiary/aromatic N) is 1. The second-order valence-electron chi connectivity index (χ2n) is 6.22. The molecule has 0 aliphatic heterocycles. The van der Waals surface area contributed by atoms with Crippen LogP contribution in [0.4, 0.5) is 0 Å². The number of rotatable bonds is 12. The van der Waals surface area contributed by atoms with Crippen LogP contribution in [-0.4, -0.2) is 43.6 Å². The maximum Gasteiger partial charge on any atom is 0.303 e. The summed E-state index contributed by atoms with van der Waals surface area (Å²) in [6, 6.07) is 1.76. The van der Waals surface area contributed by atoms with Crippen LogP contribution < -0.4 is 0 Å². The number of unbranched alkanes of at least 4 members (excludes halogenated alkanes) is 2. The van der Waals surface area contributed by atoms with E-state index in [1.807, 2.05) is 0 Å². The summed E-state index contributed by atoms with van der Waals surface area (Å²) in [5.41, 5.74) is 1.44. The van der Waals surface area contributed by atoms with Crippen molar-refractivity contribution in [2.75, 3.05) is 0 Å². The summed E-state index contributed by atoms with van der Waals surface area (Å²) >= 11 is 0. The van der Waals surface area contributed by atoms with Crippen LogP contribution in [-0.2, 0) is 4.79 Å². The average molecular weight is 351 g/mol. The molecule has 0 aliphatic rings. The van der Waals surface area contributed by atoms with Crippen molar-refractivity contribution >= 4 is 12.0 Å². The van der Waals surface area contributed by atoms with Crippen LogP contribution in [0.5, 0.6) is 0 Å². The third kappa shape index (κ3) is 8.25. The van der Waals surface area contributed by atoms with Gasteiger partial charge in [-0.15, -0.1) is 0 Å². The molecule has 0 radical (unpaired) electrons. The quantitative estimate of drug-likeness (QED) is 0.431. The topological polar surface area (TPSA) is 111 Å². The second kappa shape index (κ2) is 11.7. The van der Waals surface area contributed by atoms with E-state index < -0.39 is 24.3 Å². The Hall–Kier alpha value is -1.76. The van der Waals surface area contributed by atoms with Crippen LogP contribution in [0.1, 0.15) is 69.1 Å². The number of aromatic nitrogens is 1. The lowest BCUT2D eigenvalue weighted by Crippen LogP contribution is -2.23. The number of pyridine rings is 1. The molecule has 4 N–H and O–H groups in total. The zero-order valence-corrected chi connectivity index (χ0v) is 14.7. The lowest BCUT2D eigenvalue weighted by Gasteiger charge is -2.15. The molecule has 0 saturated heterocycles. The van der Waals surface area contributed by atoms with Gasteiger partial charge in [0, 0.05) is 18.8 Å². The zero-order chi connectivity index (χ0) is 18.7. The minimum Gasteiger partial charge on any atom is -0.481 e. The Bertz CT molecular complexity index is 546. The predicted octanol–water partition coefficient (Wildman–Crippen LogP) is 2.69. The monoisotopic (exact) mass is 351 g/mol. The van der Waals surface area contributed by atoms with Gasteiger partial charge in [0.25, 0.3) is 0 Å². The fourth-order valence-electron chi connectivity index (χ4n) is 2.57. The minimum atomic E-state index is -1.10. The van der Waals surface area contributed by atoms with Gasteiger partial charge in [-0.05, 0) is 36.5 Å². The summed E-state index contributed by atoms with van der Waals surface area (Å²) in [6.07, 6.45) is 7.82.